The molecule has 4 heterocycles. The number of aliphatic hydroxyl groups excluding tert-OH is 1. The summed E-state index contributed by atoms with van der Waals surface area (Å²) < 4.78 is 3.57. The van der Waals surface area contributed by atoms with Gasteiger partial charge in [-0.05, 0) is 75.1 Å². The Hall–Kier alpha value is -4.54. The van der Waals surface area contributed by atoms with Crippen LogP contribution < -0.4 is 5.32 Å². The average molecular weight is 566 g/mol. The highest BCUT2D eigenvalue weighted by Gasteiger charge is 2.28. The molecule has 1 saturated heterocycles. The highest BCUT2D eigenvalue weighted by molar-refractivity contribution is 5.98. The number of nitrogens with zero attached hydrogens (tertiary/aromatic N) is 6. The summed E-state index contributed by atoms with van der Waals surface area (Å²) in [7, 11) is 0. The number of β-amino-alcohol motifs (C(OH)–C–C–N with tert-alkyl or cyclic N) is 1. The third kappa shape index (κ3) is 5.26. The van der Waals surface area contributed by atoms with E-state index in [0.29, 0.717) is 48.8 Å². The van der Waals surface area contributed by atoms with Crippen molar-refractivity contribution in [3.63, 3.8) is 0 Å². The fourth-order valence-electron chi connectivity index (χ4n) is 5.43. The molecule has 6 rings (SSSR count). The Labute approximate surface area is 244 Å². The molecule has 1 aliphatic rings. The van der Waals surface area contributed by atoms with E-state index >= 15 is 0 Å². The van der Waals surface area contributed by atoms with Gasteiger partial charge in [0.05, 0.1) is 23.2 Å². The van der Waals surface area contributed by atoms with Crippen molar-refractivity contribution in [2.24, 2.45) is 0 Å². The summed E-state index contributed by atoms with van der Waals surface area (Å²) in [5.41, 5.74) is 5.71. The molecule has 216 valence electrons. The molecule has 42 heavy (non-hydrogen) atoms. The van der Waals surface area contributed by atoms with E-state index in [9.17, 15) is 15.0 Å². The van der Waals surface area contributed by atoms with Crippen LogP contribution in [0.5, 0.6) is 0 Å². The predicted octanol–water partition coefficient (Wildman–Crippen LogP) is 4.25. The van der Waals surface area contributed by atoms with Crippen molar-refractivity contribution in [1.82, 2.24) is 29.3 Å². The SMILES string of the molecule is Cc1ccc(-c2c(C)nn3c(NCc4cccc(-n5cccn5)c4)cc(C(C)(C)O)nc23)cc1C(=O)N1CC[C@H](O)C1. The van der Waals surface area contributed by atoms with E-state index in [0.717, 1.165) is 33.6 Å². The first kappa shape index (κ1) is 27.6. The summed E-state index contributed by atoms with van der Waals surface area (Å²) in [5, 5.41) is 33.6. The number of fused-ring (bicyclic) bond motifs is 1. The van der Waals surface area contributed by atoms with Crippen LogP contribution >= 0.6 is 0 Å². The van der Waals surface area contributed by atoms with Gasteiger partial charge in [-0.3, -0.25) is 4.79 Å². The minimum absolute atomic E-state index is 0.0927. The molecule has 0 unspecified atom stereocenters. The van der Waals surface area contributed by atoms with Gasteiger partial charge in [0.1, 0.15) is 11.4 Å². The summed E-state index contributed by atoms with van der Waals surface area (Å²) in [4.78, 5) is 19.9. The number of benzene rings is 2. The Kier molecular flexibility index (Phi) is 7.04. The third-order valence-electron chi connectivity index (χ3n) is 7.75. The lowest BCUT2D eigenvalue weighted by Gasteiger charge is -2.19. The average Bonchev–Trinajstić information content (AvgIpc) is 3.72. The van der Waals surface area contributed by atoms with Crippen molar-refractivity contribution >= 4 is 17.4 Å². The topological polar surface area (TPSA) is 121 Å². The van der Waals surface area contributed by atoms with Gasteiger partial charge in [0.25, 0.3) is 5.91 Å². The zero-order valence-electron chi connectivity index (χ0n) is 24.2. The van der Waals surface area contributed by atoms with Gasteiger partial charge in [-0.1, -0.05) is 24.3 Å². The Bertz CT molecular complexity index is 1770. The van der Waals surface area contributed by atoms with Gasteiger partial charge in [-0.25, -0.2) is 9.67 Å². The van der Waals surface area contributed by atoms with E-state index in [1.54, 1.807) is 29.5 Å². The predicted molar refractivity (Wildman–Crippen MR) is 161 cm³/mol. The summed E-state index contributed by atoms with van der Waals surface area (Å²) in [6.07, 6.45) is 3.76. The van der Waals surface area contributed by atoms with E-state index in [2.05, 4.69) is 16.5 Å². The van der Waals surface area contributed by atoms with Crippen LogP contribution in [0.4, 0.5) is 5.82 Å². The molecule has 0 bridgehead atoms. The van der Waals surface area contributed by atoms with Crippen LogP contribution in [0, 0.1) is 13.8 Å². The Morgan fingerprint density at radius 3 is 2.67 bits per heavy atom. The normalized spacial score (nSPS) is 15.5. The van der Waals surface area contributed by atoms with Crippen molar-refractivity contribution < 1.29 is 15.0 Å². The zero-order valence-corrected chi connectivity index (χ0v) is 24.2. The number of carbonyl (C=O) groups excluding carboxylic acids is 1. The van der Waals surface area contributed by atoms with Gasteiger partial charge in [0, 0.05) is 49.2 Å². The van der Waals surface area contributed by atoms with Gasteiger partial charge >= 0.3 is 0 Å². The number of nitrogens with one attached hydrogen (secondary N) is 1. The Morgan fingerprint density at radius 1 is 1.12 bits per heavy atom. The molecular formula is C32H35N7O3. The van der Waals surface area contributed by atoms with Gasteiger partial charge in [0.2, 0.25) is 0 Å². The first-order valence-electron chi connectivity index (χ1n) is 14.1. The first-order valence-corrected chi connectivity index (χ1v) is 14.1. The highest BCUT2D eigenvalue weighted by Crippen LogP contribution is 2.33. The van der Waals surface area contributed by atoms with Crippen LogP contribution in [0.2, 0.25) is 0 Å². The second-order valence-electron chi connectivity index (χ2n) is 11.5. The van der Waals surface area contributed by atoms with Crippen LogP contribution in [0.25, 0.3) is 22.5 Å². The van der Waals surface area contributed by atoms with Crippen molar-refractivity contribution in [2.75, 3.05) is 18.4 Å². The maximum Gasteiger partial charge on any atom is 0.254 e. The first-order chi connectivity index (χ1) is 20.1. The Morgan fingerprint density at radius 2 is 1.95 bits per heavy atom. The molecule has 10 nitrogen and oxygen atoms in total. The number of aliphatic hydroxyl groups is 2. The van der Waals surface area contributed by atoms with Crippen LogP contribution in [0.15, 0.2) is 67.0 Å². The number of aromatic nitrogens is 5. The lowest BCUT2D eigenvalue weighted by Crippen LogP contribution is -2.30. The number of hydrogen-bond donors (Lipinski definition) is 3. The molecule has 1 aliphatic heterocycles. The highest BCUT2D eigenvalue weighted by atomic mass is 16.3. The maximum absolute atomic E-state index is 13.4. The molecule has 0 spiro atoms. The zero-order chi connectivity index (χ0) is 29.6. The number of amides is 1. The molecule has 0 saturated carbocycles. The molecular weight excluding hydrogens is 530 g/mol. The maximum atomic E-state index is 13.4. The van der Waals surface area contributed by atoms with E-state index in [-0.39, 0.29) is 5.91 Å². The number of rotatable bonds is 7. The molecule has 3 aromatic heterocycles. The van der Waals surface area contributed by atoms with E-state index in [1.807, 2.05) is 73.3 Å². The second-order valence-corrected chi connectivity index (χ2v) is 11.5. The minimum atomic E-state index is -1.20. The lowest BCUT2D eigenvalue weighted by molar-refractivity contribution is 0.0739. The van der Waals surface area contributed by atoms with Gasteiger partial charge < -0.3 is 20.4 Å². The van der Waals surface area contributed by atoms with E-state index in [1.165, 1.54) is 0 Å². The van der Waals surface area contributed by atoms with Crippen molar-refractivity contribution in [2.45, 2.75) is 52.4 Å². The second kappa shape index (κ2) is 10.7. The monoisotopic (exact) mass is 565 g/mol. The van der Waals surface area contributed by atoms with Gasteiger partial charge in [0.15, 0.2) is 5.65 Å². The minimum Gasteiger partial charge on any atom is -0.391 e. The third-order valence-corrected chi connectivity index (χ3v) is 7.75. The lowest BCUT2D eigenvalue weighted by atomic mass is 9.98. The van der Waals surface area contributed by atoms with Gasteiger partial charge in [-0.15, -0.1) is 0 Å². The molecule has 0 radical (unpaired) electrons. The van der Waals surface area contributed by atoms with Crippen molar-refractivity contribution in [3.8, 4) is 16.8 Å². The fourth-order valence-corrected chi connectivity index (χ4v) is 5.43. The van der Waals surface area contributed by atoms with Crippen LogP contribution in [0.3, 0.4) is 0 Å². The Balaban J connectivity index is 1.39. The molecule has 3 N–H and O–H groups in total. The number of aryl methyl sites for hydroxylation is 2. The molecule has 2 aromatic carbocycles. The number of anilines is 1. The van der Waals surface area contributed by atoms with Crippen molar-refractivity contribution in [1.29, 1.82) is 0 Å². The van der Waals surface area contributed by atoms with Gasteiger partial charge in [-0.2, -0.15) is 14.7 Å². The molecule has 1 amide bonds. The largest absolute Gasteiger partial charge is 0.391 e. The van der Waals surface area contributed by atoms with Crippen LogP contribution in [-0.2, 0) is 12.1 Å². The smallest absolute Gasteiger partial charge is 0.254 e. The summed E-state index contributed by atoms with van der Waals surface area (Å²) in [6, 6.07) is 17.6. The van der Waals surface area contributed by atoms with Crippen LogP contribution in [-0.4, -0.2) is 64.6 Å². The molecule has 1 fully saturated rings. The quantitative estimate of drug-likeness (QED) is 0.270. The summed E-state index contributed by atoms with van der Waals surface area (Å²) in [6.45, 7) is 8.64. The summed E-state index contributed by atoms with van der Waals surface area (Å²) in [5.74, 6) is 0.593. The fraction of sp³-hybridized carbons (Fsp3) is 0.312. The van der Waals surface area contributed by atoms with E-state index < -0.39 is 11.7 Å². The van der Waals surface area contributed by atoms with E-state index in [4.69, 9.17) is 10.1 Å². The van der Waals surface area contributed by atoms with Crippen LogP contribution in [0.1, 0.15) is 53.1 Å². The molecule has 0 aliphatic carbocycles. The molecule has 1 atom stereocenters. The number of hydrogen-bond acceptors (Lipinski definition) is 7. The number of likely N-dealkylation sites (tertiary alicyclic amines) is 1. The van der Waals surface area contributed by atoms with Crippen molar-refractivity contribution in [3.05, 3.63) is 95.1 Å². The molecule has 10 heteroatoms. The number of carbonyl (C=O) groups is 1. The molecule has 5 aromatic rings. The summed E-state index contributed by atoms with van der Waals surface area (Å²) >= 11 is 0. The standard InChI is InChI=1S/C32H35N7O3/c1-20-9-10-23(16-26(20)31(41)37-14-11-25(40)19-37)29-21(2)36-39-28(17-27(32(3,4)42)35-30(29)39)33-18-22-7-5-8-24(15-22)38-13-6-12-34-38/h5-10,12-13,15-17,25,33,40,42H,11,14,18-19H2,1-4H3/t25-/m0/s1.